The lowest BCUT2D eigenvalue weighted by atomic mass is 10.1. The molecule has 1 aromatic carbocycles. The fraction of sp³-hybridized carbons (Fsp3) is 0.583. The predicted octanol–water partition coefficient (Wildman–Crippen LogP) is 2.18. The van der Waals surface area contributed by atoms with Crippen molar-refractivity contribution in [2.45, 2.75) is 74.5 Å². The summed E-state index contributed by atoms with van der Waals surface area (Å²) >= 11 is 0.413. The number of anilines is 1. The zero-order chi connectivity index (χ0) is 31.7. The minimum atomic E-state index is -2.48. The molecule has 10 nitrogen and oxygen atoms in total. The second kappa shape index (κ2) is 10.5. The van der Waals surface area contributed by atoms with Gasteiger partial charge in [0.15, 0.2) is 22.1 Å². The quantitative estimate of drug-likeness (QED) is 0.230. The number of aryl methyl sites for hydroxylation is 1. The van der Waals surface area contributed by atoms with Crippen LogP contribution in [0, 0.1) is 12.7 Å². The molecule has 0 unspecified atom stereocenters. The Bertz CT molecular complexity index is 1530. The van der Waals surface area contributed by atoms with Crippen molar-refractivity contribution in [2.75, 3.05) is 24.2 Å². The second-order valence-corrected chi connectivity index (χ2v) is 9.42. The van der Waals surface area contributed by atoms with E-state index in [4.69, 9.17) is 14.3 Å². The number of aliphatic hydroxyl groups excluding tert-OH is 3. The Morgan fingerprint density at radius 1 is 1.31 bits per heavy atom. The molecule has 36 heavy (non-hydrogen) atoms. The smallest absolute Gasteiger partial charge is 0.191 e. The van der Waals surface area contributed by atoms with Crippen molar-refractivity contribution in [1.82, 2.24) is 25.0 Å². The molecular formula is C24H31FN6O4S. The lowest BCUT2D eigenvalue weighted by molar-refractivity contribution is -0.0629. The van der Waals surface area contributed by atoms with Gasteiger partial charge in [-0.25, -0.2) is 19.0 Å². The Hall–Kier alpha value is -2.38. The van der Waals surface area contributed by atoms with Gasteiger partial charge < -0.3 is 25.4 Å². The number of nitrogens with zero attached hydrogens (tertiary/aromatic N) is 5. The highest BCUT2D eigenvalue weighted by atomic mass is 32.2. The van der Waals surface area contributed by atoms with Crippen molar-refractivity contribution < 1.29 is 34.0 Å². The third kappa shape index (κ3) is 4.92. The zero-order valence-corrected chi connectivity index (χ0v) is 20.3. The van der Waals surface area contributed by atoms with Crippen LogP contribution < -0.4 is 5.32 Å². The molecule has 2 saturated carbocycles. The third-order valence-corrected chi connectivity index (χ3v) is 6.97. The van der Waals surface area contributed by atoms with E-state index in [1.165, 1.54) is 10.7 Å². The number of aliphatic hydroxyl groups is 3. The van der Waals surface area contributed by atoms with Crippen molar-refractivity contribution in [1.29, 1.82) is 0 Å². The maximum absolute atomic E-state index is 14.3. The Morgan fingerprint density at radius 3 is 2.89 bits per heavy atom. The number of aromatic nitrogens is 5. The zero-order valence-electron chi connectivity index (χ0n) is 26.5. The summed E-state index contributed by atoms with van der Waals surface area (Å²) in [5.74, 6) is -1.59. The number of benzene rings is 1. The van der Waals surface area contributed by atoms with Crippen LogP contribution in [0.25, 0.3) is 11.2 Å². The summed E-state index contributed by atoms with van der Waals surface area (Å²) in [6.45, 7) is -0.767. The summed E-state index contributed by atoms with van der Waals surface area (Å²) in [6.07, 6.45) is -6.44. The highest BCUT2D eigenvalue weighted by Crippen LogP contribution is 2.44. The molecule has 2 aliphatic carbocycles. The molecule has 12 heteroatoms. The maximum Gasteiger partial charge on any atom is 0.191 e. The lowest BCUT2D eigenvalue weighted by Crippen LogP contribution is -2.33. The summed E-state index contributed by atoms with van der Waals surface area (Å²) in [5, 5.41) is 41.7. The van der Waals surface area contributed by atoms with Gasteiger partial charge >= 0.3 is 0 Å². The highest BCUT2D eigenvalue weighted by molar-refractivity contribution is 7.99. The number of nitrogens with one attached hydrogen (secondary N) is 1. The minimum absolute atomic E-state index is 0.00727. The van der Waals surface area contributed by atoms with Crippen LogP contribution in [-0.4, -0.2) is 83.5 Å². The molecule has 2 heterocycles. The first kappa shape index (κ1) is 18.0. The van der Waals surface area contributed by atoms with E-state index in [0.717, 1.165) is 6.92 Å². The molecule has 0 amide bonds. The van der Waals surface area contributed by atoms with E-state index in [1.54, 1.807) is 19.1 Å². The molecule has 0 radical (unpaired) electrons. The summed E-state index contributed by atoms with van der Waals surface area (Å²) in [7, 11) is 0. The van der Waals surface area contributed by atoms with Gasteiger partial charge in [-0.1, -0.05) is 36.0 Å². The summed E-state index contributed by atoms with van der Waals surface area (Å²) < 4.78 is 77.1. The van der Waals surface area contributed by atoms with Crippen LogP contribution in [0.5, 0.6) is 0 Å². The topological polar surface area (TPSA) is 138 Å². The fourth-order valence-electron chi connectivity index (χ4n) is 4.32. The molecule has 194 valence electrons. The van der Waals surface area contributed by atoms with E-state index in [0.29, 0.717) is 22.9 Å². The van der Waals surface area contributed by atoms with Crippen molar-refractivity contribution in [3.05, 3.63) is 35.1 Å². The molecule has 0 spiro atoms. The van der Waals surface area contributed by atoms with Gasteiger partial charge in [0.2, 0.25) is 0 Å². The van der Waals surface area contributed by atoms with Crippen molar-refractivity contribution in [3.63, 3.8) is 0 Å². The summed E-state index contributed by atoms with van der Waals surface area (Å²) in [6, 6.07) is 2.98. The van der Waals surface area contributed by atoms with Crippen molar-refractivity contribution in [2.24, 2.45) is 0 Å². The van der Waals surface area contributed by atoms with Crippen LogP contribution in [0.15, 0.2) is 23.4 Å². The van der Waals surface area contributed by atoms with Crippen LogP contribution in [0.2, 0.25) is 0 Å². The van der Waals surface area contributed by atoms with Gasteiger partial charge in [-0.2, -0.15) is 0 Å². The number of rotatable bonds is 10. The molecule has 5 rings (SSSR count). The van der Waals surface area contributed by atoms with Gasteiger partial charge in [0.1, 0.15) is 18.0 Å². The molecule has 0 aliphatic heterocycles. The standard InChI is InChI=1S/C24H31FN6O4S/c1-3-8-36-24-27-22(26-16-10-14(16)13-5-4-12(2)15(25)9-13)19-23(28-24)31(30-29-19)17-11-18(35-7-6-32)21(34)20(17)33/h4-5,9,14,16-18,20-21,32-34H,3,6-8,10-11H2,1-2H3,(H,26,27,28)/t14-,16+,17+,18-,20-,21+/m0/s1/i3D2,7D2,8D2,14D. The average molecular weight is 526 g/mol. The Labute approximate surface area is 222 Å². The van der Waals surface area contributed by atoms with Gasteiger partial charge in [-0.3, -0.25) is 0 Å². The molecule has 4 N–H and O–H groups in total. The lowest BCUT2D eigenvalue weighted by Gasteiger charge is -2.17. The van der Waals surface area contributed by atoms with E-state index in [2.05, 4.69) is 25.6 Å². The molecule has 3 aromatic rings. The SMILES string of the molecule is [2H]C([2H])(CO)O[C@H]1C[C@@H](n2nnc3c(N[C@@H]4C[C@@]4([2H])c4ccc(C)c(F)c4)nc(SC([2H])([2H])C([2H])([2H])C)nc32)[C@H](O)[C@@H]1O. The third-order valence-electron chi connectivity index (χ3n) is 6.30. The Balaban J connectivity index is 1.52. The number of thioether (sulfide) groups is 1. The van der Waals surface area contributed by atoms with Gasteiger partial charge in [-0.15, -0.1) is 5.10 Å². The molecular weight excluding hydrogens is 487 g/mol. The molecule has 2 fully saturated rings. The van der Waals surface area contributed by atoms with Crippen LogP contribution in [-0.2, 0) is 4.74 Å². The molecule has 6 atom stereocenters. The summed E-state index contributed by atoms with van der Waals surface area (Å²) in [4.78, 5) is 8.72. The van der Waals surface area contributed by atoms with E-state index in [-0.39, 0.29) is 35.0 Å². The minimum Gasteiger partial charge on any atom is -0.394 e. The van der Waals surface area contributed by atoms with E-state index in [1.807, 2.05) is 0 Å². The molecule has 0 bridgehead atoms. The Morgan fingerprint density at radius 2 is 2.14 bits per heavy atom. The van der Waals surface area contributed by atoms with Crippen molar-refractivity contribution in [3.8, 4) is 0 Å². The van der Waals surface area contributed by atoms with Gasteiger partial charge in [0.25, 0.3) is 0 Å². The first-order valence-corrected chi connectivity index (χ1v) is 12.2. The average Bonchev–Trinajstić information content (AvgIpc) is 3.24. The van der Waals surface area contributed by atoms with Crippen LogP contribution in [0.1, 0.15) is 58.8 Å². The van der Waals surface area contributed by atoms with E-state index >= 15 is 0 Å². The largest absolute Gasteiger partial charge is 0.394 e. The molecule has 2 aromatic heterocycles. The Kier molecular flexibility index (Phi) is 5.26. The van der Waals surface area contributed by atoms with Crippen LogP contribution in [0.3, 0.4) is 0 Å². The van der Waals surface area contributed by atoms with E-state index in [9.17, 15) is 19.7 Å². The predicted molar refractivity (Wildman–Crippen MR) is 133 cm³/mol. The molecule has 0 saturated heterocycles. The number of halogens is 1. The number of hydrogen-bond donors (Lipinski definition) is 4. The highest BCUT2D eigenvalue weighted by Gasteiger charge is 2.45. The molecule has 2 aliphatic rings. The number of fused-ring (bicyclic) bond motifs is 1. The maximum atomic E-state index is 14.3. The summed E-state index contributed by atoms with van der Waals surface area (Å²) in [5.41, 5.74) is -1.52. The van der Waals surface area contributed by atoms with Crippen LogP contribution >= 0.6 is 11.8 Å². The van der Waals surface area contributed by atoms with Gasteiger partial charge in [0, 0.05) is 30.9 Å². The number of ether oxygens (including phenoxy) is 1. The van der Waals surface area contributed by atoms with Crippen LogP contribution in [0.4, 0.5) is 10.2 Å². The monoisotopic (exact) mass is 525 g/mol. The first-order valence-electron chi connectivity index (χ1n) is 14.9. The van der Waals surface area contributed by atoms with Gasteiger partial charge in [0.05, 0.1) is 28.1 Å². The fourth-order valence-corrected chi connectivity index (χ4v) is 4.79. The van der Waals surface area contributed by atoms with Gasteiger partial charge in [-0.05, 0) is 36.9 Å². The van der Waals surface area contributed by atoms with E-state index < -0.39 is 67.4 Å². The normalized spacial score (nSPS) is 33.7. The second-order valence-electron chi connectivity index (χ2n) is 8.65. The van der Waals surface area contributed by atoms with Crippen molar-refractivity contribution >= 4 is 28.7 Å². The number of hydrogen-bond acceptors (Lipinski definition) is 10. The first-order chi connectivity index (χ1) is 19.9.